The van der Waals surface area contributed by atoms with Gasteiger partial charge in [-0.1, -0.05) is 91.0 Å². The molecule has 0 aliphatic rings. The minimum absolute atomic E-state index is 0.166. The van der Waals surface area contributed by atoms with Crippen LogP contribution in [0.15, 0.2) is 95.4 Å². The summed E-state index contributed by atoms with van der Waals surface area (Å²) in [6.45, 7) is 4.47. The summed E-state index contributed by atoms with van der Waals surface area (Å²) in [5, 5.41) is 3.27. The smallest absolute Gasteiger partial charge is 0.385 e. The topological polar surface area (TPSA) is 73.6 Å². The Kier molecular flexibility index (Phi) is 7.96. The Morgan fingerprint density at radius 2 is 1.32 bits per heavy atom. The number of nitrogens with one attached hydrogen (secondary N) is 1. The molecule has 0 saturated carbocycles. The second kappa shape index (κ2) is 11.3. The number of aromatic nitrogens is 1. The molecule has 1 heterocycles. The quantitative estimate of drug-likeness (QED) is 0.254. The van der Waals surface area contributed by atoms with E-state index < -0.39 is 7.60 Å². The number of hydrogen-bond acceptors (Lipinski definition) is 6. The maximum Gasteiger partial charge on any atom is 0.385 e. The van der Waals surface area contributed by atoms with Crippen LogP contribution in [0.1, 0.15) is 42.3 Å². The molecule has 0 saturated heterocycles. The first kappa shape index (κ1) is 24.0. The van der Waals surface area contributed by atoms with E-state index in [1.807, 2.05) is 91.0 Å². The molecular formula is C27H29N2O4P. The molecule has 1 aromatic heterocycles. The molecule has 6 nitrogen and oxygen atoms in total. The molecule has 7 heteroatoms. The number of hydrogen-bond donors (Lipinski definition) is 1. The van der Waals surface area contributed by atoms with Crippen LogP contribution in [0.3, 0.4) is 0 Å². The minimum atomic E-state index is -3.70. The zero-order chi connectivity index (χ0) is 23.8. The normalized spacial score (nSPS) is 11.6. The Hall–Kier alpha value is -3.18. The highest BCUT2D eigenvalue weighted by atomic mass is 31.2. The number of oxazole rings is 1. The summed E-state index contributed by atoms with van der Waals surface area (Å²) in [6.07, 6.45) is 0. The summed E-state index contributed by atoms with van der Waals surface area (Å²) in [5.41, 5.74) is 3.24. The molecule has 4 aromatic rings. The van der Waals surface area contributed by atoms with Gasteiger partial charge < -0.3 is 18.8 Å². The second-order valence-corrected chi connectivity index (χ2v) is 9.57. The van der Waals surface area contributed by atoms with Gasteiger partial charge >= 0.3 is 7.60 Å². The lowest BCUT2D eigenvalue weighted by Crippen LogP contribution is -2.17. The number of rotatable bonds is 11. The van der Waals surface area contributed by atoms with Crippen molar-refractivity contribution in [1.82, 2.24) is 4.98 Å². The van der Waals surface area contributed by atoms with E-state index in [0.717, 1.165) is 16.7 Å². The molecule has 3 aromatic carbocycles. The Morgan fingerprint density at radius 1 is 0.824 bits per heavy atom. The molecule has 34 heavy (non-hydrogen) atoms. The van der Waals surface area contributed by atoms with E-state index >= 15 is 0 Å². The third kappa shape index (κ3) is 5.48. The van der Waals surface area contributed by atoms with Gasteiger partial charge in [0.1, 0.15) is 0 Å². The average Bonchev–Trinajstić information content (AvgIpc) is 3.30. The van der Waals surface area contributed by atoms with Gasteiger partial charge in [-0.3, -0.25) is 4.57 Å². The van der Waals surface area contributed by atoms with Gasteiger partial charge in [-0.05, 0) is 30.5 Å². The fourth-order valence-corrected chi connectivity index (χ4v) is 5.39. The second-order valence-electron chi connectivity index (χ2n) is 7.63. The molecule has 1 N–H and O–H groups in total. The molecule has 0 aliphatic carbocycles. The predicted molar refractivity (Wildman–Crippen MR) is 135 cm³/mol. The lowest BCUT2D eigenvalue weighted by atomic mass is 9.91. The Labute approximate surface area is 200 Å². The van der Waals surface area contributed by atoms with Gasteiger partial charge in [-0.2, -0.15) is 0 Å². The maximum absolute atomic E-state index is 13.7. The molecule has 176 valence electrons. The van der Waals surface area contributed by atoms with Crippen molar-refractivity contribution in [1.29, 1.82) is 0 Å². The first-order valence-electron chi connectivity index (χ1n) is 11.4. The molecule has 0 fully saturated rings. The number of anilines is 1. The molecule has 0 amide bonds. The highest BCUT2D eigenvalue weighted by Crippen LogP contribution is 2.49. The van der Waals surface area contributed by atoms with Gasteiger partial charge in [0.15, 0.2) is 0 Å². The van der Waals surface area contributed by atoms with Crippen LogP contribution in [-0.2, 0) is 20.2 Å². The van der Waals surface area contributed by atoms with E-state index in [1.54, 1.807) is 13.8 Å². The van der Waals surface area contributed by atoms with Crippen LogP contribution < -0.4 is 10.8 Å². The third-order valence-corrected chi connectivity index (χ3v) is 7.31. The van der Waals surface area contributed by atoms with Crippen LogP contribution in [0.5, 0.6) is 0 Å². The van der Waals surface area contributed by atoms with E-state index in [0.29, 0.717) is 18.3 Å². The van der Waals surface area contributed by atoms with E-state index in [9.17, 15) is 4.57 Å². The summed E-state index contributed by atoms with van der Waals surface area (Å²) in [4.78, 5) is 4.74. The van der Waals surface area contributed by atoms with E-state index in [2.05, 4.69) is 5.32 Å². The summed E-state index contributed by atoms with van der Waals surface area (Å²) < 4.78 is 31.3. The zero-order valence-electron chi connectivity index (χ0n) is 19.4. The highest BCUT2D eigenvalue weighted by Gasteiger charge is 2.37. The van der Waals surface area contributed by atoms with Gasteiger partial charge in [0, 0.05) is 6.54 Å². The Morgan fingerprint density at radius 3 is 1.82 bits per heavy atom. The molecule has 0 unspecified atom stereocenters. The van der Waals surface area contributed by atoms with Gasteiger partial charge in [-0.25, -0.2) is 4.98 Å². The Bertz CT molecular complexity index is 1160. The van der Waals surface area contributed by atoms with E-state index in [-0.39, 0.29) is 24.6 Å². The lowest BCUT2D eigenvalue weighted by Gasteiger charge is -2.16. The largest absolute Gasteiger partial charge is 0.423 e. The van der Waals surface area contributed by atoms with Crippen molar-refractivity contribution in [3.05, 3.63) is 114 Å². The SMILES string of the molecule is CCOP(=O)(OCC)c1nc(C(c2ccccc2)c2ccccc2)oc1NCc1ccccc1. The van der Waals surface area contributed by atoms with Crippen LogP contribution >= 0.6 is 7.60 Å². The van der Waals surface area contributed by atoms with Gasteiger partial charge in [0.2, 0.25) is 17.2 Å². The van der Waals surface area contributed by atoms with Crippen LogP contribution in [0.25, 0.3) is 0 Å². The summed E-state index contributed by atoms with van der Waals surface area (Å²) in [5.74, 6) is 0.425. The zero-order valence-corrected chi connectivity index (χ0v) is 20.3. The summed E-state index contributed by atoms with van der Waals surface area (Å²) in [6, 6.07) is 29.9. The maximum atomic E-state index is 13.7. The molecule has 0 radical (unpaired) electrons. The molecule has 0 atom stereocenters. The molecule has 0 spiro atoms. The lowest BCUT2D eigenvalue weighted by molar-refractivity contribution is 0.229. The van der Waals surface area contributed by atoms with E-state index in [1.165, 1.54) is 0 Å². The van der Waals surface area contributed by atoms with Crippen LogP contribution in [-0.4, -0.2) is 18.2 Å². The van der Waals surface area contributed by atoms with Crippen molar-refractivity contribution in [2.45, 2.75) is 26.3 Å². The fraction of sp³-hybridized carbons (Fsp3) is 0.222. The Balaban J connectivity index is 1.81. The minimum Gasteiger partial charge on any atom is -0.423 e. The average molecular weight is 477 g/mol. The van der Waals surface area contributed by atoms with Crippen molar-refractivity contribution < 1.29 is 18.0 Å². The first-order valence-corrected chi connectivity index (χ1v) is 13.0. The number of benzene rings is 3. The van der Waals surface area contributed by atoms with Crippen LogP contribution in [0.4, 0.5) is 5.88 Å². The highest BCUT2D eigenvalue weighted by molar-refractivity contribution is 7.62. The van der Waals surface area contributed by atoms with Crippen molar-refractivity contribution in [2.75, 3.05) is 18.5 Å². The fourth-order valence-electron chi connectivity index (χ4n) is 3.80. The van der Waals surface area contributed by atoms with Crippen molar-refractivity contribution in [2.24, 2.45) is 0 Å². The van der Waals surface area contributed by atoms with Gasteiger partial charge in [-0.15, -0.1) is 0 Å². The molecular weight excluding hydrogens is 447 g/mol. The van der Waals surface area contributed by atoms with E-state index in [4.69, 9.17) is 18.4 Å². The third-order valence-electron chi connectivity index (χ3n) is 5.29. The molecule has 0 aliphatic heterocycles. The van der Waals surface area contributed by atoms with Crippen LogP contribution in [0, 0.1) is 0 Å². The first-order chi connectivity index (χ1) is 16.6. The number of nitrogens with zero attached hydrogens (tertiary/aromatic N) is 1. The summed E-state index contributed by atoms with van der Waals surface area (Å²) in [7, 11) is -3.70. The van der Waals surface area contributed by atoms with Crippen molar-refractivity contribution in [3.8, 4) is 0 Å². The molecule has 0 bridgehead atoms. The van der Waals surface area contributed by atoms with Crippen molar-refractivity contribution in [3.63, 3.8) is 0 Å². The monoisotopic (exact) mass is 476 g/mol. The standard InChI is InChI=1S/C27H29N2O4P/c1-3-31-34(30,32-4-2)27-26(28-20-21-14-8-5-9-15-21)33-25(29-27)24(22-16-10-6-11-17-22)23-18-12-7-13-19-23/h5-19,24,28H,3-4,20H2,1-2H3. The van der Waals surface area contributed by atoms with Crippen LogP contribution in [0.2, 0.25) is 0 Å². The van der Waals surface area contributed by atoms with Gasteiger partial charge in [0.05, 0.1) is 19.1 Å². The van der Waals surface area contributed by atoms with Gasteiger partial charge in [0.25, 0.3) is 0 Å². The molecule has 4 rings (SSSR count). The summed E-state index contributed by atoms with van der Waals surface area (Å²) >= 11 is 0. The van der Waals surface area contributed by atoms with Crippen molar-refractivity contribution >= 4 is 18.9 Å². The predicted octanol–water partition coefficient (Wildman–Crippen LogP) is 6.36.